The fourth-order valence-electron chi connectivity index (χ4n) is 3.60. The first kappa shape index (κ1) is 23.8. The zero-order valence-electron chi connectivity index (χ0n) is 18.6. The first-order chi connectivity index (χ1) is 14.6. The number of ether oxygens (including phenoxy) is 2. The minimum absolute atomic E-state index is 0.0625. The minimum atomic E-state index is -0.151. The molecule has 4 N–H and O–H groups in total. The van der Waals surface area contributed by atoms with Crippen LogP contribution in [0.25, 0.3) is 0 Å². The van der Waals surface area contributed by atoms with Gasteiger partial charge in [0.15, 0.2) is 17.5 Å². The highest BCUT2D eigenvalue weighted by atomic mass is 16.5. The lowest BCUT2D eigenvalue weighted by atomic mass is 9.96. The molecule has 0 saturated carbocycles. The SMILES string of the molecule is CCNC(=NCc1ccc(OC)c(OC)c1)NCCCCN1CCC(C(N)=O)CC1. The molecule has 0 atom stereocenters. The van der Waals surface area contributed by atoms with E-state index in [1.165, 1.54) is 0 Å². The molecule has 30 heavy (non-hydrogen) atoms. The molecule has 1 saturated heterocycles. The maximum Gasteiger partial charge on any atom is 0.220 e. The van der Waals surface area contributed by atoms with Gasteiger partial charge in [-0.1, -0.05) is 6.07 Å². The summed E-state index contributed by atoms with van der Waals surface area (Å²) < 4.78 is 10.6. The molecule has 1 fully saturated rings. The number of nitrogens with zero attached hydrogens (tertiary/aromatic N) is 2. The highest BCUT2D eigenvalue weighted by molar-refractivity contribution is 5.79. The van der Waals surface area contributed by atoms with E-state index in [1.807, 2.05) is 18.2 Å². The number of primary amides is 1. The van der Waals surface area contributed by atoms with E-state index < -0.39 is 0 Å². The van der Waals surface area contributed by atoms with E-state index in [4.69, 9.17) is 15.2 Å². The molecule has 168 valence electrons. The lowest BCUT2D eigenvalue weighted by Gasteiger charge is -2.30. The van der Waals surface area contributed by atoms with Crippen LogP contribution < -0.4 is 25.8 Å². The van der Waals surface area contributed by atoms with Crippen molar-refractivity contribution in [2.75, 3.05) is 46.9 Å². The van der Waals surface area contributed by atoms with E-state index >= 15 is 0 Å². The van der Waals surface area contributed by atoms with Gasteiger partial charge in [-0.15, -0.1) is 0 Å². The fraction of sp³-hybridized carbons (Fsp3) is 0.636. The van der Waals surface area contributed by atoms with Crippen LogP contribution in [0, 0.1) is 5.92 Å². The highest BCUT2D eigenvalue weighted by Crippen LogP contribution is 2.27. The third-order valence-electron chi connectivity index (χ3n) is 5.40. The molecule has 2 rings (SSSR count). The topological polar surface area (TPSA) is 101 Å². The van der Waals surface area contributed by atoms with Crippen molar-refractivity contribution in [3.8, 4) is 11.5 Å². The predicted octanol–water partition coefficient (Wildman–Crippen LogP) is 1.74. The Balaban J connectivity index is 1.72. The highest BCUT2D eigenvalue weighted by Gasteiger charge is 2.22. The number of benzene rings is 1. The molecule has 0 bridgehead atoms. The molecule has 0 radical (unpaired) electrons. The zero-order valence-corrected chi connectivity index (χ0v) is 18.6. The van der Waals surface area contributed by atoms with Gasteiger partial charge in [-0.25, -0.2) is 4.99 Å². The number of nitrogens with two attached hydrogens (primary N) is 1. The number of nitrogens with one attached hydrogen (secondary N) is 2. The van der Waals surface area contributed by atoms with E-state index in [0.29, 0.717) is 18.0 Å². The van der Waals surface area contributed by atoms with E-state index in [1.54, 1.807) is 14.2 Å². The summed E-state index contributed by atoms with van der Waals surface area (Å²) in [6.07, 6.45) is 3.96. The number of unbranched alkanes of at least 4 members (excludes halogenated alkanes) is 1. The Morgan fingerprint density at radius 2 is 1.90 bits per heavy atom. The summed E-state index contributed by atoms with van der Waals surface area (Å²) in [4.78, 5) is 18.3. The van der Waals surface area contributed by atoms with Gasteiger partial charge in [0.2, 0.25) is 5.91 Å². The number of piperidine rings is 1. The van der Waals surface area contributed by atoms with Crippen molar-refractivity contribution < 1.29 is 14.3 Å². The summed E-state index contributed by atoms with van der Waals surface area (Å²) in [7, 11) is 3.27. The Morgan fingerprint density at radius 1 is 1.17 bits per heavy atom. The summed E-state index contributed by atoms with van der Waals surface area (Å²) in [5, 5.41) is 6.69. The standard InChI is InChI=1S/C22H37N5O3/c1-4-24-22(26-16-17-7-8-19(29-2)20(15-17)30-3)25-11-5-6-12-27-13-9-18(10-14-27)21(23)28/h7-8,15,18H,4-6,9-14,16H2,1-3H3,(H2,23,28)(H2,24,25,26). The Kier molecular flexibility index (Phi) is 10.3. The lowest BCUT2D eigenvalue weighted by molar-refractivity contribution is -0.123. The summed E-state index contributed by atoms with van der Waals surface area (Å²) >= 11 is 0. The molecule has 1 aliphatic heterocycles. The molecular weight excluding hydrogens is 382 g/mol. The Hall–Kier alpha value is -2.48. The van der Waals surface area contributed by atoms with E-state index in [9.17, 15) is 4.79 Å². The fourth-order valence-corrected chi connectivity index (χ4v) is 3.60. The van der Waals surface area contributed by atoms with E-state index in [-0.39, 0.29) is 11.8 Å². The third-order valence-corrected chi connectivity index (χ3v) is 5.40. The van der Waals surface area contributed by atoms with Crippen LogP contribution in [0.15, 0.2) is 23.2 Å². The third kappa shape index (κ3) is 7.74. The molecule has 0 unspecified atom stereocenters. The Morgan fingerprint density at radius 3 is 2.53 bits per heavy atom. The van der Waals surface area contributed by atoms with Gasteiger partial charge in [-0.3, -0.25) is 4.79 Å². The molecule has 1 aromatic rings. The van der Waals surface area contributed by atoms with Crippen molar-refractivity contribution >= 4 is 11.9 Å². The van der Waals surface area contributed by atoms with Gasteiger partial charge in [0.25, 0.3) is 0 Å². The van der Waals surface area contributed by atoms with Crippen molar-refractivity contribution in [2.45, 2.75) is 39.2 Å². The molecule has 0 aliphatic carbocycles. The van der Waals surface area contributed by atoms with Crippen LogP contribution in [0.1, 0.15) is 38.2 Å². The molecule has 1 amide bonds. The molecule has 1 heterocycles. The second kappa shape index (κ2) is 13.0. The van der Waals surface area contributed by atoms with Crippen LogP contribution in [-0.4, -0.2) is 63.7 Å². The lowest BCUT2D eigenvalue weighted by Crippen LogP contribution is -2.39. The zero-order chi connectivity index (χ0) is 21.8. The maximum absolute atomic E-state index is 11.2. The summed E-state index contributed by atoms with van der Waals surface area (Å²) in [6.45, 7) is 7.30. The molecule has 0 spiro atoms. The second-order valence-corrected chi connectivity index (χ2v) is 7.54. The minimum Gasteiger partial charge on any atom is -0.493 e. The van der Waals surface area contributed by atoms with Crippen LogP contribution in [-0.2, 0) is 11.3 Å². The second-order valence-electron chi connectivity index (χ2n) is 7.54. The van der Waals surface area contributed by atoms with E-state index in [0.717, 1.165) is 69.9 Å². The van der Waals surface area contributed by atoms with Gasteiger partial charge in [0.1, 0.15) is 0 Å². The molecule has 8 heteroatoms. The van der Waals surface area contributed by atoms with Crippen LogP contribution in [0.4, 0.5) is 0 Å². The van der Waals surface area contributed by atoms with Crippen molar-refractivity contribution in [2.24, 2.45) is 16.6 Å². The van der Waals surface area contributed by atoms with Crippen molar-refractivity contribution in [3.05, 3.63) is 23.8 Å². The number of methoxy groups -OCH3 is 2. The smallest absolute Gasteiger partial charge is 0.220 e. The number of aliphatic imine (C=N–C) groups is 1. The summed E-state index contributed by atoms with van der Waals surface area (Å²) in [5.74, 6) is 2.15. The van der Waals surface area contributed by atoms with Gasteiger partial charge >= 0.3 is 0 Å². The Bertz CT molecular complexity index is 687. The number of likely N-dealkylation sites (tertiary alicyclic amines) is 1. The molecular formula is C22H37N5O3. The first-order valence-electron chi connectivity index (χ1n) is 10.8. The predicted molar refractivity (Wildman–Crippen MR) is 120 cm³/mol. The van der Waals surface area contributed by atoms with Crippen molar-refractivity contribution in [3.63, 3.8) is 0 Å². The number of rotatable bonds is 11. The maximum atomic E-state index is 11.2. The number of hydrogen-bond acceptors (Lipinski definition) is 5. The number of carbonyl (C=O) groups is 1. The van der Waals surface area contributed by atoms with Gasteiger partial charge in [0, 0.05) is 19.0 Å². The summed E-state index contributed by atoms with van der Waals surface area (Å²) in [5.41, 5.74) is 6.46. The van der Waals surface area contributed by atoms with Crippen LogP contribution in [0.3, 0.4) is 0 Å². The van der Waals surface area contributed by atoms with Crippen molar-refractivity contribution in [1.29, 1.82) is 0 Å². The van der Waals surface area contributed by atoms with Gasteiger partial charge in [0.05, 0.1) is 20.8 Å². The average Bonchev–Trinajstić information content (AvgIpc) is 2.77. The number of amides is 1. The molecule has 0 aromatic heterocycles. The molecule has 1 aromatic carbocycles. The average molecular weight is 420 g/mol. The van der Waals surface area contributed by atoms with Gasteiger partial charge < -0.3 is 30.7 Å². The van der Waals surface area contributed by atoms with Crippen LogP contribution >= 0.6 is 0 Å². The monoisotopic (exact) mass is 419 g/mol. The number of hydrogen-bond donors (Lipinski definition) is 3. The van der Waals surface area contributed by atoms with E-state index in [2.05, 4.69) is 27.4 Å². The van der Waals surface area contributed by atoms with Gasteiger partial charge in [-0.2, -0.15) is 0 Å². The molecule has 8 nitrogen and oxygen atoms in total. The van der Waals surface area contributed by atoms with Crippen LogP contribution in [0.2, 0.25) is 0 Å². The Labute approximate surface area is 180 Å². The normalized spacial score (nSPS) is 15.6. The number of carbonyl (C=O) groups excluding carboxylic acids is 1. The largest absolute Gasteiger partial charge is 0.493 e. The number of guanidine groups is 1. The summed E-state index contributed by atoms with van der Waals surface area (Å²) in [6, 6.07) is 5.85. The van der Waals surface area contributed by atoms with Crippen LogP contribution in [0.5, 0.6) is 11.5 Å². The van der Waals surface area contributed by atoms with Crippen molar-refractivity contribution in [1.82, 2.24) is 15.5 Å². The van der Waals surface area contributed by atoms with Gasteiger partial charge in [-0.05, 0) is 69.9 Å². The first-order valence-corrected chi connectivity index (χ1v) is 10.8. The quantitative estimate of drug-likeness (QED) is 0.287. The molecule has 1 aliphatic rings.